The molecule has 0 amide bonds. The largest absolute Gasteiger partial charge is 0.561 e. The number of alkyl halides is 6. The molecular formula is C16H20F6N2O5S2+2. The Morgan fingerprint density at radius 1 is 1.00 bits per heavy atom. The number of hydrogen-bond acceptors (Lipinski definition) is 5. The van der Waals surface area contributed by atoms with Gasteiger partial charge < -0.3 is 9.22 Å². The van der Waals surface area contributed by atoms with Gasteiger partial charge in [-0.2, -0.15) is 43.2 Å². The molecule has 0 N–H and O–H groups in total. The molecule has 0 aliphatic rings. The molecule has 1 aromatic rings. The van der Waals surface area contributed by atoms with Crippen LogP contribution >= 0.6 is 0 Å². The highest BCUT2D eigenvalue weighted by Crippen LogP contribution is 2.32. The van der Waals surface area contributed by atoms with Crippen molar-refractivity contribution in [2.24, 2.45) is 0 Å². The van der Waals surface area contributed by atoms with Gasteiger partial charge >= 0.3 is 37.0 Å². The van der Waals surface area contributed by atoms with Crippen LogP contribution in [0.25, 0.3) is 0 Å². The van der Waals surface area contributed by atoms with Crippen LogP contribution < -0.4 is 0 Å². The fourth-order valence-electron chi connectivity index (χ4n) is 2.29. The third-order valence-electron chi connectivity index (χ3n) is 3.78. The summed E-state index contributed by atoms with van der Waals surface area (Å²) in [6, 6.07) is 8.87. The number of ether oxygens (including phenoxy) is 1. The molecule has 0 atom stereocenters. The minimum Gasteiger partial charge on any atom is -0.437 e. The first kappa shape index (κ1) is 26.9. The van der Waals surface area contributed by atoms with Gasteiger partial charge in [0.1, 0.15) is 19.7 Å². The molecule has 1 aromatic carbocycles. The van der Waals surface area contributed by atoms with E-state index in [1.54, 1.807) is 44.4 Å². The number of hydrogen-bond donors (Lipinski definition) is 0. The van der Waals surface area contributed by atoms with Crippen molar-refractivity contribution in [2.45, 2.75) is 17.6 Å². The van der Waals surface area contributed by atoms with E-state index in [9.17, 15) is 43.2 Å². The maximum atomic E-state index is 12.9. The highest BCUT2D eigenvalue weighted by molar-refractivity contribution is 7.98. The summed E-state index contributed by atoms with van der Waals surface area (Å²) in [6.45, 7) is 2.63. The molecule has 0 saturated carbocycles. The number of sulfonamides is 2. The molecule has 0 bridgehead atoms. The van der Waals surface area contributed by atoms with Crippen molar-refractivity contribution in [3.05, 3.63) is 48.6 Å². The van der Waals surface area contributed by atoms with E-state index in [4.69, 9.17) is 4.74 Å². The van der Waals surface area contributed by atoms with E-state index in [2.05, 4.69) is 6.58 Å². The van der Waals surface area contributed by atoms with Gasteiger partial charge in [0.25, 0.3) is 0 Å². The average molecular weight is 498 g/mol. The van der Waals surface area contributed by atoms with Crippen molar-refractivity contribution in [1.29, 1.82) is 0 Å². The van der Waals surface area contributed by atoms with E-state index in [1.807, 2.05) is 0 Å². The molecule has 0 fully saturated rings. The van der Waals surface area contributed by atoms with E-state index in [0.29, 0.717) is 6.54 Å². The van der Waals surface area contributed by atoms with Crippen LogP contribution in [0.15, 0.2) is 43.0 Å². The normalized spacial score (nSPS) is 13.5. The van der Waals surface area contributed by atoms with Gasteiger partial charge in [0.05, 0.1) is 17.5 Å². The minimum absolute atomic E-state index is 0.0296. The smallest absolute Gasteiger partial charge is 0.437 e. The Labute approximate surface area is 175 Å². The minimum atomic E-state index is -7.02. The lowest BCUT2D eigenvalue weighted by Gasteiger charge is -2.29. The van der Waals surface area contributed by atoms with Crippen LogP contribution in [-0.2, 0) is 31.3 Å². The second kappa shape index (κ2) is 9.16. The zero-order valence-corrected chi connectivity index (χ0v) is 17.9. The Morgan fingerprint density at radius 3 is 1.84 bits per heavy atom. The van der Waals surface area contributed by atoms with E-state index in [0.717, 1.165) is 5.56 Å². The summed E-state index contributed by atoms with van der Waals surface area (Å²) < 4.78 is 127. The fourth-order valence-corrected chi connectivity index (χ4v) is 4.94. The molecule has 1 rings (SSSR count). The molecule has 0 heterocycles. The molecule has 0 aromatic heterocycles. The van der Waals surface area contributed by atoms with Gasteiger partial charge in [-0.05, 0) is 0 Å². The summed E-state index contributed by atoms with van der Waals surface area (Å²) in [5, 5.41) is 0. The Hall–Kier alpha value is -2.13. The molecule has 0 aliphatic heterocycles. The standard InChI is InChI=1S/C16H20F6N2O5S2/c1-4-14(29-11-10-24(2,3)12-13-8-6-5-7-9-13)23(30(25,26)15(17,18)19)31(27,28)16(20,21)22/h4-9H,1,10-12H2,2-3H3/q+2. The van der Waals surface area contributed by atoms with Crippen LogP contribution in [0.4, 0.5) is 26.3 Å². The highest BCUT2D eigenvalue weighted by Gasteiger charge is 2.68. The van der Waals surface area contributed by atoms with Crippen LogP contribution in [0.5, 0.6) is 0 Å². The first-order valence-electron chi connectivity index (χ1n) is 8.28. The molecule has 15 heteroatoms. The highest BCUT2D eigenvalue weighted by atomic mass is 32.3. The summed E-state index contributed by atoms with van der Waals surface area (Å²) >= 11 is 0. The fraction of sp³-hybridized carbons (Fsp3) is 0.438. The summed E-state index contributed by atoms with van der Waals surface area (Å²) in [7, 11) is -10.7. The van der Waals surface area contributed by atoms with Crippen molar-refractivity contribution in [3.8, 4) is 0 Å². The van der Waals surface area contributed by atoms with Gasteiger partial charge in [-0.3, -0.25) is 0 Å². The predicted octanol–water partition coefficient (Wildman–Crippen LogP) is 2.58. The van der Waals surface area contributed by atoms with Crippen LogP contribution in [0, 0.1) is 0 Å². The number of benzene rings is 1. The van der Waals surface area contributed by atoms with Crippen molar-refractivity contribution in [3.63, 3.8) is 0 Å². The number of likely N-dealkylation sites (N-methyl/N-ethyl adjacent to an activating group) is 1. The number of quaternary nitrogens is 1. The molecule has 0 saturated heterocycles. The van der Waals surface area contributed by atoms with Crippen molar-refractivity contribution < 1.29 is 55.8 Å². The topological polar surface area (TPSA) is 80.5 Å². The first-order chi connectivity index (χ1) is 13.9. The lowest BCUT2D eigenvalue weighted by Crippen LogP contribution is -2.47. The lowest BCUT2D eigenvalue weighted by atomic mass is 10.2. The molecule has 176 valence electrons. The van der Waals surface area contributed by atoms with Gasteiger partial charge in [-0.15, -0.1) is 0 Å². The zero-order valence-electron chi connectivity index (χ0n) is 16.3. The third kappa shape index (κ3) is 6.43. The van der Waals surface area contributed by atoms with Crippen LogP contribution in [0.1, 0.15) is 5.56 Å². The molecule has 0 unspecified atom stereocenters. The van der Waals surface area contributed by atoms with E-state index >= 15 is 0 Å². The Balaban J connectivity index is 3.32. The van der Waals surface area contributed by atoms with E-state index in [-0.39, 0.29) is 17.1 Å². The monoisotopic (exact) mass is 498 g/mol. The zero-order chi connectivity index (χ0) is 24.3. The van der Waals surface area contributed by atoms with Gasteiger partial charge in [-0.25, -0.2) is 0 Å². The SMILES string of the molecule is C=CC(OCC[N+](C)(C)Cc1ccccc1)=[N+](S(=O)(=O)C(F)(F)F)S(=O)(=O)C(F)(F)F. The number of halogens is 6. The molecule has 0 spiro atoms. The van der Waals surface area contributed by atoms with Crippen LogP contribution in [-0.4, -0.2) is 68.9 Å². The van der Waals surface area contributed by atoms with Crippen molar-refractivity contribution in [1.82, 2.24) is 0 Å². The van der Waals surface area contributed by atoms with Gasteiger partial charge in [-0.1, -0.05) is 36.9 Å². The maximum Gasteiger partial charge on any atom is 0.561 e. The third-order valence-corrected chi connectivity index (χ3v) is 7.36. The second-order valence-corrected chi connectivity index (χ2v) is 10.6. The number of rotatable bonds is 8. The molecule has 0 aliphatic carbocycles. The molecule has 7 nitrogen and oxygen atoms in total. The lowest BCUT2D eigenvalue weighted by molar-refractivity contribution is -0.903. The van der Waals surface area contributed by atoms with Gasteiger partial charge in [0, 0.05) is 11.6 Å². The Morgan fingerprint density at radius 2 is 1.45 bits per heavy atom. The van der Waals surface area contributed by atoms with Crippen molar-refractivity contribution in [2.75, 3.05) is 27.2 Å². The first-order valence-corrected chi connectivity index (χ1v) is 11.2. The summed E-state index contributed by atoms with van der Waals surface area (Å²) in [6.07, 6.45) is 0.143. The summed E-state index contributed by atoms with van der Waals surface area (Å²) in [5.74, 6) is -1.74. The summed E-state index contributed by atoms with van der Waals surface area (Å²) in [4.78, 5) is 0. The van der Waals surface area contributed by atoms with Crippen molar-refractivity contribution >= 4 is 25.9 Å². The average Bonchev–Trinajstić information content (AvgIpc) is 2.58. The molecular weight excluding hydrogens is 478 g/mol. The maximum absolute atomic E-state index is 12.9. The Bertz CT molecular complexity index is 984. The van der Waals surface area contributed by atoms with Crippen LogP contribution in [0.2, 0.25) is 0 Å². The second-order valence-electron chi connectivity index (χ2n) is 6.79. The van der Waals surface area contributed by atoms with Crippen LogP contribution in [0.3, 0.4) is 0 Å². The van der Waals surface area contributed by atoms with Gasteiger partial charge in [0.2, 0.25) is 0 Å². The molecule has 0 radical (unpaired) electrons. The quantitative estimate of drug-likeness (QED) is 0.181. The number of nitrogens with zero attached hydrogens (tertiary/aromatic N) is 2. The van der Waals surface area contributed by atoms with Gasteiger partial charge in [0.15, 0.2) is 0 Å². The van der Waals surface area contributed by atoms with E-state index < -0.39 is 47.0 Å². The Kier molecular flexibility index (Phi) is 7.95. The van der Waals surface area contributed by atoms with E-state index in [1.165, 1.54) is 0 Å². The molecule has 31 heavy (non-hydrogen) atoms. The predicted molar refractivity (Wildman–Crippen MR) is 98.5 cm³/mol. The summed E-state index contributed by atoms with van der Waals surface area (Å²) in [5.41, 5.74) is -11.8.